The van der Waals surface area contributed by atoms with Crippen LogP contribution in [0.15, 0.2) is 42.5 Å². The smallest absolute Gasteiger partial charge is 0.249 e. The highest BCUT2D eigenvalue weighted by atomic mass is 35.5. The van der Waals surface area contributed by atoms with Crippen LogP contribution >= 0.6 is 11.6 Å². The molecule has 2 aromatic carbocycles. The van der Waals surface area contributed by atoms with Crippen LogP contribution in [-0.2, 0) is 9.59 Å². The minimum atomic E-state index is -0.796. The van der Waals surface area contributed by atoms with E-state index in [1.165, 1.54) is 4.68 Å². The summed E-state index contributed by atoms with van der Waals surface area (Å²) in [5, 5.41) is 10.5. The first-order valence-electron chi connectivity index (χ1n) is 8.81. The molecule has 0 aliphatic carbocycles. The van der Waals surface area contributed by atoms with Crippen molar-refractivity contribution in [3.05, 3.63) is 58.6 Å². The minimum Gasteiger partial charge on any atom is -0.324 e. The number of benzene rings is 2. The van der Waals surface area contributed by atoms with Crippen LogP contribution in [0.2, 0.25) is 5.02 Å². The van der Waals surface area contributed by atoms with Gasteiger partial charge in [-0.15, -0.1) is 5.10 Å². The molecule has 0 fully saturated rings. The molecule has 0 bridgehead atoms. The zero-order valence-electron chi connectivity index (χ0n) is 15.4. The SMILES string of the molecule is Cc1ccc(-c2nc3n(n2)[C@@H](C(=O)Nc2ccc(C)c(Cl)c2)CC(=O)N3)cc1. The summed E-state index contributed by atoms with van der Waals surface area (Å²) < 4.78 is 1.46. The second kappa shape index (κ2) is 7.09. The number of hydrogen-bond donors (Lipinski definition) is 2. The molecule has 2 heterocycles. The third-order valence-corrected chi connectivity index (χ3v) is 5.02. The fraction of sp³-hybridized carbons (Fsp3) is 0.200. The number of nitrogens with one attached hydrogen (secondary N) is 2. The molecule has 2 amide bonds. The Morgan fingerprint density at radius 1 is 1.21 bits per heavy atom. The molecule has 0 radical (unpaired) electrons. The van der Waals surface area contributed by atoms with Gasteiger partial charge in [-0.05, 0) is 31.5 Å². The van der Waals surface area contributed by atoms with Gasteiger partial charge in [0.25, 0.3) is 0 Å². The summed E-state index contributed by atoms with van der Waals surface area (Å²) in [7, 11) is 0. The number of amides is 2. The molecule has 7 nitrogen and oxygen atoms in total. The number of hydrogen-bond acceptors (Lipinski definition) is 4. The summed E-state index contributed by atoms with van der Waals surface area (Å²) in [6.45, 7) is 3.88. The second-order valence-corrected chi connectivity index (χ2v) is 7.20. The summed E-state index contributed by atoms with van der Waals surface area (Å²) in [6, 6.07) is 12.2. The van der Waals surface area contributed by atoms with Crippen molar-refractivity contribution in [1.82, 2.24) is 14.8 Å². The van der Waals surface area contributed by atoms with E-state index in [-0.39, 0.29) is 24.2 Å². The van der Waals surface area contributed by atoms with Gasteiger partial charge in [-0.1, -0.05) is 47.5 Å². The zero-order chi connectivity index (χ0) is 19.8. The average Bonchev–Trinajstić information content (AvgIpc) is 3.08. The number of carbonyl (C=O) groups is 2. The Bertz CT molecular complexity index is 1070. The van der Waals surface area contributed by atoms with Crippen molar-refractivity contribution < 1.29 is 9.59 Å². The molecule has 2 N–H and O–H groups in total. The van der Waals surface area contributed by atoms with Crippen LogP contribution in [0.4, 0.5) is 11.6 Å². The van der Waals surface area contributed by atoms with E-state index in [1.54, 1.807) is 12.1 Å². The Balaban J connectivity index is 1.63. The lowest BCUT2D eigenvalue weighted by Gasteiger charge is -2.22. The van der Waals surface area contributed by atoms with E-state index in [2.05, 4.69) is 20.7 Å². The predicted molar refractivity (Wildman–Crippen MR) is 107 cm³/mol. The lowest BCUT2D eigenvalue weighted by atomic mass is 10.1. The first-order chi connectivity index (χ1) is 13.4. The van der Waals surface area contributed by atoms with Crippen LogP contribution in [0, 0.1) is 13.8 Å². The average molecular weight is 396 g/mol. The van der Waals surface area contributed by atoms with E-state index in [0.29, 0.717) is 16.5 Å². The van der Waals surface area contributed by atoms with Gasteiger partial charge in [0.1, 0.15) is 6.04 Å². The van der Waals surface area contributed by atoms with Gasteiger partial charge >= 0.3 is 0 Å². The standard InChI is InChI=1S/C20H18ClN5O2/c1-11-3-6-13(7-4-11)18-24-20-23-17(27)10-16(26(20)25-18)19(28)22-14-8-5-12(2)15(21)9-14/h3-9,16H,10H2,1-2H3,(H,22,28)(H,23,24,25,27)/t16-/m1/s1. The molecule has 142 valence electrons. The third-order valence-electron chi connectivity index (χ3n) is 4.61. The van der Waals surface area contributed by atoms with Crippen LogP contribution in [0.5, 0.6) is 0 Å². The van der Waals surface area contributed by atoms with Crippen molar-refractivity contribution in [3.8, 4) is 11.4 Å². The number of nitrogens with zero attached hydrogens (tertiary/aromatic N) is 3. The van der Waals surface area contributed by atoms with Crippen molar-refractivity contribution in [2.24, 2.45) is 0 Å². The van der Waals surface area contributed by atoms with E-state index in [4.69, 9.17) is 11.6 Å². The molecule has 0 spiro atoms. The van der Waals surface area contributed by atoms with E-state index in [9.17, 15) is 9.59 Å². The normalized spacial score (nSPS) is 15.7. The predicted octanol–water partition coefficient (Wildman–Crippen LogP) is 3.74. The van der Waals surface area contributed by atoms with Crippen molar-refractivity contribution in [2.75, 3.05) is 10.6 Å². The highest BCUT2D eigenvalue weighted by molar-refractivity contribution is 6.31. The van der Waals surface area contributed by atoms with Crippen molar-refractivity contribution >= 4 is 35.1 Å². The molecule has 0 saturated carbocycles. The molecule has 0 unspecified atom stereocenters. The van der Waals surface area contributed by atoms with Gasteiger partial charge in [0, 0.05) is 16.3 Å². The molecule has 0 saturated heterocycles. The Morgan fingerprint density at radius 2 is 1.96 bits per heavy atom. The van der Waals surface area contributed by atoms with Crippen molar-refractivity contribution in [2.45, 2.75) is 26.3 Å². The number of anilines is 2. The van der Waals surface area contributed by atoms with E-state index in [0.717, 1.165) is 16.7 Å². The molecule has 8 heteroatoms. The molecule has 1 aliphatic heterocycles. The third kappa shape index (κ3) is 3.48. The summed E-state index contributed by atoms with van der Waals surface area (Å²) in [6.07, 6.45) is -0.0187. The second-order valence-electron chi connectivity index (χ2n) is 6.79. The quantitative estimate of drug-likeness (QED) is 0.707. The molecule has 1 aromatic heterocycles. The highest BCUT2D eigenvalue weighted by Gasteiger charge is 2.33. The summed E-state index contributed by atoms with van der Waals surface area (Å²) in [4.78, 5) is 29.3. The highest BCUT2D eigenvalue weighted by Crippen LogP contribution is 2.28. The number of halogens is 1. The van der Waals surface area contributed by atoms with Crippen LogP contribution in [-0.4, -0.2) is 26.6 Å². The van der Waals surface area contributed by atoms with Gasteiger partial charge in [0.05, 0.1) is 6.42 Å². The van der Waals surface area contributed by atoms with Crippen LogP contribution in [0.1, 0.15) is 23.6 Å². The zero-order valence-corrected chi connectivity index (χ0v) is 16.1. The fourth-order valence-electron chi connectivity index (χ4n) is 2.99. The van der Waals surface area contributed by atoms with Gasteiger partial charge in [-0.25, -0.2) is 4.68 Å². The lowest BCUT2D eigenvalue weighted by molar-refractivity contribution is -0.125. The first-order valence-corrected chi connectivity index (χ1v) is 9.19. The molecular formula is C20H18ClN5O2. The molecule has 1 aliphatic rings. The molecule has 3 aromatic rings. The summed E-state index contributed by atoms with van der Waals surface area (Å²) in [5.41, 5.74) is 3.41. The maximum atomic E-state index is 12.8. The Labute approximate surface area is 166 Å². The van der Waals surface area contributed by atoms with Gasteiger partial charge in [0.15, 0.2) is 5.82 Å². The van der Waals surface area contributed by atoms with E-state index >= 15 is 0 Å². The molecule has 28 heavy (non-hydrogen) atoms. The van der Waals surface area contributed by atoms with Gasteiger partial charge in [-0.2, -0.15) is 4.98 Å². The van der Waals surface area contributed by atoms with Crippen LogP contribution in [0.3, 0.4) is 0 Å². The fourth-order valence-corrected chi connectivity index (χ4v) is 3.17. The van der Waals surface area contributed by atoms with Crippen molar-refractivity contribution in [3.63, 3.8) is 0 Å². The van der Waals surface area contributed by atoms with Crippen molar-refractivity contribution in [1.29, 1.82) is 0 Å². The van der Waals surface area contributed by atoms with Gasteiger partial charge < -0.3 is 5.32 Å². The van der Waals surface area contributed by atoms with Crippen LogP contribution in [0.25, 0.3) is 11.4 Å². The summed E-state index contributed by atoms with van der Waals surface area (Å²) in [5.74, 6) is 0.0797. The van der Waals surface area contributed by atoms with E-state index < -0.39 is 6.04 Å². The van der Waals surface area contributed by atoms with Crippen LogP contribution < -0.4 is 10.6 Å². The number of aromatic nitrogens is 3. The maximum Gasteiger partial charge on any atom is 0.249 e. The maximum absolute atomic E-state index is 12.8. The number of aryl methyl sites for hydroxylation is 2. The topological polar surface area (TPSA) is 88.9 Å². The number of rotatable bonds is 3. The molecular weight excluding hydrogens is 378 g/mol. The van der Waals surface area contributed by atoms with Gasteiger partial charge in [-0.3, -0.25) is 14.9 Å². The largest absolute Gasteiger partial charge is 0.324 e. The Hall–Kier alpha value is -3.19. The Kier molecular flexibility index (Phi) is 4.60. The lowest BCUT2D eigenvalue weighted by Crippen LogP contribution is -2.36. The molecule has 4 rings (SSSR count). The first kappa shape index (κ1) is 18.2. The summed E-state index contributed by atoms with van der Waals surface area (Å²) >= 11 is 6.13. The van der Waals surface area contributed by atoms with E-state index in [1.807, 2.05) is 44.2 Å². The monoisotopic (exact) mass is 395 g/mol. The number of carbonyl (C=O) groups excluding carboxylic acids is 2. The Morgan fingerprint density at radius 3 is 2.68 bits per heavy atom. The number of fused-ring (bicyclic) bond motifs is 1. The minimum absolute atomic E-state index is 0.0187. The van der Waals surface area contributed by atoms with Gasteiger partial charge in [0.2, 0.25) is 17.8 Å². The molecule has 1 atom stereocenters.